The van der Waals surface area contributed by atoms with E-state index in [9.17, 15) is 9.18 Å². The van der Waals surface area contributed by atoms with Gasteiger partial charge < -0.3 is 0 Å². The van der Waals surface area contributed by atoms with Crippen molar-refractivity contribution >= 4 is 23.7 Å². The Morgan fingerprint density at radius 2 is 2.21 bits per heavy atom. The first-order valence-corrected chi connectivity index (χ1v) is 6.79. The van der Waals surface area contributed by atoms with Gasteiger partial charge in [0.25, 0.3) is 0 Å². The molecule has 19 heavy (non-hydrogen) atoms. The van der Waals surface area contributed by atoms with Crippen molar-refractivity contribution in [3.8, 4) is 0 Å². The van der Waals surface area contributed by atoms with E-state index in [1.807, 2.05) is 0 Å². The summed E-state index contributed by atoms with van der Waals surface area (Å²) in [6.45, 7) is 2.11. The van der Waals surface area contributed by atoms with Gasteiger partial charge in [-0.15, -0.1) is 0 Å². The van der Waals surface area contributed by atoms with Gasteiger partial charge in [-0.3, -0.25) is 4.79 Å². The summed E-state index contributed by atoms with van der Waals surface area (Å²) in [7, 11) is 0. The van der Waals surface area contributed by atoms with Crippen molar-refractivity contribution < 1.29 is 9.18 Å². The van der Waals surface area contributed by atoms with Crippen molar-refractivity contribution in [2.24, 2.45) is 5.10 Å². The lowest BCUT2D eigenvalue weighted by Gasteiger charge is -2.01. The molecular weight excluding hydrogens is 267 g/mol. The number of nitrogens with zero attached hydrogens (tertiary/aromatic N) is 1. The van der Waals surface area contributed by atoms with Gasteiger partial charge in [0.1, 0.15) is 5.82 Å². The average molecular weight is 285 g/mol. The minimum absolute atomic E-state index is 0.167. The molecule has 1 rings (SSSR count). The van der Waals surface area contributed by atoms with E-state index in [1.54, 1.807) is 6.07 Å². The topological polar surface area (TPSA) is 41.5 Å². The van der Waals surface area contributed by atoms with E-state index >= 15 is 0 Å². The third-order valence-electron chi connectivity index (χ3n) is 2.64. The van der Waals surface area contributed by atoms with Gasteiger partial charge in [0, 0.05) is 12.0 Å². The number of halogens is 2. The van der Waals surface area contributed by atoms with Gasteiger partial charge in [-0.05, 0) is 18.6 Å². The minimum Gasteiger partial charge on any atom is -0.273 e. The maximum Gasteiger partial charge on any atom is 0.240 e. The zero-order chi connectivity index (χ0) is 14.1. The Morgan fingerprint density at radius 1 is 1.42 bits per heavy atom. The zero-order valence-corrected chi connectivity index (χ0v) is 11.7. The number of rotatable bonds is 7. The van der Waals surface area contributed by atoms with Crippen molar-refractivity contribution in [3.63, 3.8) is 0 Å². The summed E-state index contributed by atoms with van der Waals surface area (Å²) in [5, 5.41) is 3.98. The first-order chi connectivity index (χ1) is 9.15. The normalized spacial score (nSPS) is 10.9. The quantitative estimate of drug-likeness (QED) is 0.460. The summed E-state index contributed by atoms with van der Waals surface area (Å²) in [5.41, 5.74) is 2.54. The fraction of sp³-hybridized carbons (Fsp3) is 0.429. The van der Waals surface area contributed by atoms with Crippen LogP contribution in [-0.4, -0.2) is 12.1 Å². The largest absolute Gasteiger partial charge is 0.273 e. The third-order valence-corrected chi connectivity index (χ3v) is 2.97. The second-order valence-corrected chi connectivity index (χ2v) is 4.65. The summed E-state index contributed by atoms with van der Waals surface area (Å²) >= 11 is 5.82. The Hall–Kier alpha value is -1.42. The molecule has 0 bridgehead atoms. The van der Waals surface area contributed by atoms with E-state index in [2.05, 4.69) is 17.5 Å². The highest BCUT2D eigenvalue weighted by molar-refractivity contribution is 6.33. The molecule has 1 N–H and O–H groups in total. The molecule has 0 aliphatic heterocycles. The van der Waals surface area contributed by atoms with E-state index in [1.165, 1.54) is 18.3 Å². The van der Waals surface area contributed by atoms with Gasteiger partial charge in [0.2, 0.25) is 5.91 Å². The standard InChI is InChI=1S/C14H18ClFN2O/c1-2-3-4-5-9-14(19)18-17-10-11-12(15)7-6-8-13(11)16/h6-8,10H,2-5,9H2,1H3,(H,18,19)/b17-10+. The van der Waals surface area contributed by atoms with Crippen molar-refractivity contribution in [2.45, 2.75) is 39.0 Å². The molecule has 0 fully saturated rings. The van der Waals surface area contributed by atoms with Gasteiger partial charge in [-0.25, -0.2) is 9.82 Å². The van der Waals surface area contributed by atoms with E-state index < -0.39 is 5.82 Å². The van der Waals surface area contributed by atoms with Gasteiger partial charge in [-0.2, -0.15) is 5.10 Å². The molecule has 3 nitrogen and oxygen atoms in total. The molecule has 1 aromatic rings. The lowest BCUT2D eigenvalue weighted by atomic mass is 10.1. The molecule has 0 radical (unpaired) electrons. The SMILES string of the molecule is CCCCCCC(=O)N/N=C/c1c(F)cccc1Cl. The maximum atomic E-state index is 13.4. The van der Waals surface area contributed by atoms with Crippen molar-refractivity contribution in [1.82, 2.24) is 5.43 Å². The minimum atomic E-state index is -0.464. The van der Waals surface area contributed by atoms with E-state index in [-0.39, 0.29) is 16.5 Å². The molecule has 0 saturated carbocycles. The smallest absolute Gasteiger partial charge is 0.240 e. The van der Waals surface area contributed by atoms with Gasteiger partial charge in [0.05, 0.1) is 11.2 Å². The summed E-state index contributed by atoms with van der Waals surface area (Å²) in [4.78, 5) is 11.4. The van der Waals surface area contributed by atoms with Crippen LogP contribution in [0.15, 0.2) is 23.3 Å². The van der Waals surface area contributed by atoms with E-state index in [0.29, 0.717) is 6.42 Å². The average Bonchev–Trinajstić information content (AvgIpc) is 2.38. The molecule has 104 valence electrons. The molecule has 0 atom stereocenters. The second kappa shape index (κ2) is 8.64. The maximum absolute atomic E-state index is 13.4. The number of nitrogens with one attached hydrogen (secondary N) is 1. The second-order valence-electron chi connectivity index (χ2n) is 4.24. The van der Waals surface area contributed by atoms with Crippen LogP contribution in [0, 0.1) is 5.82 Å². The Bertz CT molecular complexity index is 429. The summed E-state index contributed by atoms with van der Waals surface area (Å²) in [6.07, 6.45) is 5.79. The van der Waals surface area contributed by atoms with Crippen LogP contribution in [-0.2, 0) is 4.79 Å². The number of benzene rings is 1. The first-order valence-electron chi connectivity index (χ1n) is 6.41. The number of hydrogen-bond donors (Lipinski definition) is 1. The molecule has 5 heteroatoms. The summed E-state index contributed by atoms with van der Waals surface area (Å²) < 4.78 is 13.4. The Labute approximate surface area is 117 Å². The molecule has 1 amide bonds. The Morgan fingerprint density at radius 3 is 2.89 bits per heavy atom. The van der Waals surface area contributed by atoms with Crippen molar-refractivity contribution in [3.05, 3.63) is 34.6 Å². The lowest BCUT2D eigenvalue weighted by molar-refractivity contribution is -0.121. The molecule has 0 spiro atoms. The number of unbranched alkanes of at least 4 members (excludes halogenated alkanes) is 3. The number of hydrogen-bond acceptors (Lipinski definition) is 2. The molecule has 0 aliphatic carbocycles. The highest BCUT2D eigenvalue weighted by Gasteiger charge is 2.04. The monoisotopic (exact) mass is 284 g/mol. The molecule has 0 aliphatic rings. The molecule has 0 saturated heterocycles. The highest BCUT2D eigenvalue weighted by atomic mass is 35.5. The van der Waals surface area contributed by atoms with Crippen LogP contribution in [0.4, 0.5) is 4.39 Å². The fourth-order valence-corrected chi connectivity index (χ4v) is 1.78. The number of hydrazone groups is 1. The molecule has 1 aromatic carbocycles. The Balaban J connectivity index is 2.39. The van der Waals surface area contributed by atoms with Crippen LogP contribution >= 0.6 is 11.6 Å². The van der Waals surface area contributed by atoms with Crippen LogP contribution in [0.3, 0.4) is 0 Å². The van der Waals surface area contributed by atoms with Crippen LogP contribution in [0.1, 0.15) is 44.6 Å². The number of carbonyl (C=O) groups is 1. The Kier molecular flexibility index (Phi) is 7.11. The summed E-state index contributed by atoms with van der Waals surface area (Å²) in [5.74, 6) is -0.631. The van der Waals surface area contributed by atoms with Crippen LogP contribution < -0.4 is 5.43 Å². The van der Waals surface area contributed by atoms with Crippen LogP contribution in [0.25, 0.3) is 0 Å². The van der Waals surface area contributed by atoms with Gasteiger partial charge in [-0.1, -0.05) is 43.9 Å². The van der Waals surface area contributed by atoms with E-state index in [0.717, 1.165) is 25.7 Å². The van der Waals surface area contributed by atoms with Crippen LogP contribution in [0.5, 0.6) is 0 Å². The van der Waals surface area contributed by atoms with Crippen LogP contribution in [0.2, 0.25) is 5.02 Å². The molecular formula is C14H18ClFN2O. The number of amides is 1. The predicted molar refractivity (Wildman–Crippen MR) is 75.9 cm³/mol. The van der Waals surface area contributed by atoms with Crippen molar-refractivity contribution in [2.75, 3.05) is 0 Å². The third kappa shape index (κ3) is 5.83. The highest BCUT2D eigenvalue weighted by Crippen LogP contribution is 2.16. The molecule has 0 unspecified atom stereocenters. The first kappa shape index (κ1) is 15.6. The molecule has 0 aromatic heterocycles. The lowest BCUT2D eigenvalue weighted by Crippen LogP contribution is -2.17. The zero-order valence-electron chi connectivity index (χ0n) is 11.0. The van der Waals surface area contributed by atoms with Crippen molar-refractivity contribution in [1.29, 1.82) is 0 Å². The predicted octanol–water partition coefficient (Wildman–Crippen LogP) is 3.90. The van der Waals surface area contributed by atoms with Gasteiger partial charge >= 0.3 is 0 Å². The summed E-state index contributed by atoms with van der Waals surface area (Å²) in [6, 6.07) is 4.37. The van der Waals surface area contributed by atoms with Gasteiger partial charge in [0.15, 0.2) is 0 Å². The fourth-order valence-electron chi connectivity index (χ4n) is 1.57. The number of carbonyl (C=O) groups excluding carboxylic acids is 1. The van der Waals surface area contributed by atoms with E-state index in [4.69, 9.17) is 11.6 Å². The molecule has 0 heterocycles.